The molecule has 156 valence electrons. The van der Waals surface area contributed by atoms with Crippen molar-refractivity contribution < 1.29 is 9.53 Å². The van der Waals surface area contributed by atoms with E-state index in [9.17, 15) is 4.79 Å². The molecule has 0 bridgehead atoms. The monoisotopic (exact) mass is 438 g/mol. The average molecular weight is 439 g/mol. The quantitative estimate of drug-likeness (QED) is 0.358. The highest BCUT2D eigenvalue weighted by Crippen LogP contribution is 2.29. The fraction of sp³-hybridized carbons (Fsp3) is 0.0400. The zero-order valence-corrected chi connectivity index (χ0v) is 18.0. The summed E-state index contributed by atoms with van der Waals surface area (Å²) >= 11 is 1.60. The molecule has 1 amide bonds. The highest BCUT2D eigenvalue weighted by molar-refractivity contribution is 7.13. The number of para-hydroxylation sites is 1. The van der Waals surface area contributed by atoms with Gasteiger partial charge in [-0.1, -0.05) is 24.3 Å². The van der Waals surface area contributed by atoms with Gasteiger partial charge < -0.3 is 10.1 Å². The smallest absolute Gasteiger partial charge is 0.321 e. The van der Waals surface area contributed by atoms with Crippen LogP contribution in [-0.4, -0.2) is 20.9 Å². The van der Waals surface area contributed by atoms with Crippen molar-refractivity contribution in [2.45, 2.75) is 6.92 Å². The molecule has 0 aliphatic carbocycles. The van der Waals surface area contributed by atoms with Crippen LogP contribution in [0.25, 0.3) is 21.5 Å². The number of anilines is 1. The van der Waals surface area contributed by atoms with E-state index in [1.165, 1.54) is 0 Å². The number of nitrogens with one attached hydrogen (secondary N) is 1. The third-order valence-electron chi connectivity index (χ3n) is 4.93. The number of fused-ring (bicyclic) bond motifs is 1. The predicted octanol–water partition coefficient (Wildman–Crippen LogP) is 6.11. The first-order valence-electron chi connectivity index (χ1n) is 9.98. The fourth-order valence-electron chi connectivity index (χ4n) is 3.39. The summed E-state index contributed by atoms with van der Waals surface area (Å²) in [5.74, 6) is 0.408. The molecule has 0 radical (unpaired) electrons. The van der Waals surface area contributed by atoms with E-state index in [-0.39, 0.29) is 11.9 Å². The maximum absolute atomic E-state index is 13.3. The summed E-state index contributed by atoms with van der Waals surface area (Å²) < 4.78 is 5.68. The van der Waals surface area contributed by atoms with E-state index in [2.05, 4.69) is 15.3 Å². The lowest BCUT2D eigenvalue weighted by Crippen LogP contribution is -2.14. The first-order chi connectivity index (χ1) is 15.7. The zero-order valence-electron chi connectivity index (χ0n) is 17.1. The molecule has 0 saturated carbocycles. The van der Waals surface area contributed by atoms with Crippen LogP contribution in [0.2, 0.25) is 0 Å². The third-order valence-corrected chi connectivity index (χ3v) is 5.82. The molecule has 0 fully saturated rings. The van der Waals surface area contributed by atoms with E-state index in [1.54, 1.807) is 35.9 Å². The summed E-state index contributed by atoms with van der Waals surface area (Å²) in [6, 6.07) is 20.9. The number of nitrogens with zero attached hydrogens (tertiary/aromatic N) is 3. The standard InChI is InChI=1S/C25H18N4O2S/c1-16-14-17(31-25-26-11-5-12-27-25)9-10-20(16)29-24(30)19-15-22(23-8-4-13-32-23)28-21-7-3-2-6-18(19)21/h2-15H,1H3,(H,29,30). The zero-order chi connectivity index (χ0) is 21.9. The van der Waals surface area contributed by atoms with Gasteiger partial charge in [0, 0.05) is 23.5 Å². The molecule has 7 heteroatoms. The molecule has 5 rings (SSSR count). The number of ether oxygens (including phenoxy) is 1. The summed E-state index contributed by atoms with van der Waals surface area (Å²) in [4.78, 5) is 27.2. The van der Waals surface area contributed by atoms with Crippen LogP contribution in [-0.2, 0) is 0 Å². The molecule has 0 saturated heterocycles. The number of pyridine rings is 1. The number of carbonyl (C=O) groups excluding carboxylic acids is 1. The Labute approximate surface area is 188 Å². The molecule has 3 heterocycles. The SMILES string of the molecule is Cc1cc(Oc2ncccn2)ccc1NC(=O)c1cc(-c2cccs2)nc2ccccc12. The molecule has 2 aromatic carbocycles. The Hall–Kier alpha value is -4.10. The number of thiophene rings is 1. The van der Waals surface area contributed by atoms with Gasteiger partial charge in [0.15, 0.2) is 0 Å². The number of hydrogen-bond donors (Lipinski definition) is 1. The summed E-state index contributed by atoms with van der Waals surface area (Å²) in [6.07, 6.45) is 3.24. The minimum absolute atomic E-state index is 0.190. The van der Waals surface area contributed by atoms with E-state index in [4.69, 9.17) is 9.72 Å². The molecule has 0 aliphatic rings. The Morgan fingerprint density at radius 1 is 0.969 bits per heavy atom. The average Bonchev–Trinajstić information content (AvgIpc) is 3.36. The van der Waals surface area contributed by atoms with Crippen molar-refractivity contribution in [2.24, 2.45) is 0 Å². The molecule has 0 atom stereocenters. The number of amides is 1. The van der Waals surface area contributed by atoms with E-state index < -0.39 is 0 Å². The van der Waals surface area contributed by atoms with Crippen LogP contribution in [0.3, 0.4) is 0 Å². The molecule has 3 aromatic heterocycles. The summed E-state index contributed by atoms with van der Waals surface area (Å²) in [7, 11) is 0. The second-order valence-corrected chi connectivity index (χ2v) is 8.06. The lowest BCUT2D eigenvalue weighted by molar-refractivity contribution is 0.102. The van der Waals surface area contributed by atoms with Gasteiger partial charge in [-0.05, 0) is 60.3 Å². The largest absolute Gasteiger partial charge is 0.424 e. The summed E-state index contributed by atoms with van der Waals surface area (Å²) in [5.41, 5.74) is 3.72. The van der Waals surface area contributed by atoms with Gasteiger partial charge in [-0.2, -0.15) is 0 Å². The number of benzene rings is 2. The number of hydrogen-bond acceptors (Lipinski definition) is 6. The Morgan fingerprint density at radius 2 is 1.81 bits per heavy atom. The fourth-order valence-corrected chi connectivity index (χ4v) is 4.07. The van der Waals surface area contributed by atoms with Crippen molar-refractivity contribution in [3.8, 4) is 22.3 Å². The second kappa shape index (κ2) is 8.56. The lowest BCUT2D eigenvalue weighted by atomic mass is 10.1. The minimum atomic E-state index is -0.190. The maximum atomic E-state index is 13.3. The number of carbonyl (C=O) groups is 1. The highest BCUT2D eigenvalue weighted by Gasteiger charge is 2.15. The van der Waals surface area contributed by atoms with E-state index in [1.807, 2.05) is 66.9 Å². The van der Waals surface area contributed by atoms with Gasteiger partial charge in [0.25, 0.3) is 5.91 Å². The van der Waals surface area contributed by atoms with Gasteiger partial charge in [-0.3, -0.25) is 4.79 Å². The van der Waals surface area contributed by atoms with E-state index in [0.717, 1.165) is 27.0 Å². The van der Waals surface area contributed by atoms with Crippen LogP contribution in [0.15, 0.2) is 84.5 Å². The molecule has 6 nitrogen and oxygen atoms in total. The van der Waals surface area contributed by atoms with Gasteiger partial charge in [-0.25, -0.2) is 15.0 Å². The van der Waals surface area contributed by atoms with Crippen molar-refractivity contribution >= 4 is 33.8 Å². The molecular weight excluding hydrogens is 420 g/mol. The number of aromatic nitrogens is 3. The van der Waals surface area contributed by atoms with Crippen LogP contribution in [0.5, 0.6) is 11.8 Å². The van der Waals surface area contributed by atoms with Crippen molar-refractivity contribution in [3.05, 3.63) is 95.6 Å². The molecular formula is C25H18N4O2S. The van der Waals surface area contributed by atoms with Crippen LogP contribution >= 0.6 is 11.3 Å². The summed E-state index contributed by atoms with van der Waals surface area (Å²) in [6.45, 7) is 1.91. The minimum Gasteiger partial charge on any atom is -0.424 e. The maximum Gasteiger partial charge on any atom is 0.321 e. The molecule has 1 N–H and O–H groups in total. The Balaban J connectivity index is 1.45. The summed E-state index contributed by atoms with van der Waals surface area (Å²) in [5, 5.41) is 5.84. The van der Waals surface area contributed by atoms with Crippen LogP contribution in [0.1, 0.15) is 15.9 Å². The molecule has 32 heavy (non-hydrogen) atoms. The van der Waals surface area contributed by atoms with Gasteiger partial charge in [-0.15, -0.1) is 11.3 Å². The lowest BCUT2D eigenvalue weighted by Gasteiger charge is -2.12. The Bertz CT molecular complexity index is 1400. The van der Waals surface area contributed by atoms with Gasteiger partial charge >= 0.3 is 6.01 Å². The Kier molecular flexibility index (Phi) is 5.31. The van der Waals surface area contributed by atoms with Gasteiger partial charge in [0.1, 0.15) is 5.75 Å². The molecule has 0 spiro atoms. The van der Waals surface area contributed by atoms with Crippen molar-refractivity contribution in [1.29, 1.82) is 0 Å². The van der Waals surface area contributed by atoms with E-state index in [0.29, 0.717) is 17.0 Å². The first kappa shape index (κ1) is 19.8. The third kappa shape index (κ3) is 4.06. The topological polar surface area (TPSA) is 77.0 Å². The van der Waals surface area contributed by atoms with Crippen LogP contribution in [0.4, 0.5) is 5.69 Å². The van der Waals surface area contributed by atoms with Crippen molar-refractivity contribution in [3.63, 3.8) is 0 Å². The predicted molar refractivity (Wildman–Crippen MR) is 126 cm³/mol. The van der Waals surface area contributed by atoms with Gasteiger partial charge in [0.2, 0.25) is 0 Å². The molecule has 5 aromatic rings. The van der Waals surface area contributed by atoms with Crippen molar-refractivity contribution in [2.75, 3.05) is 5.32 Å². The normalized spacial score (nSPS) is 10.8. The molecule has 0 unspecified atom stereocenters. The highest BCUT2D eigenvalue weighted by atomic mass is 32.1. The number of aryl methyl sites for hydroxylation is 1. The van der Waals surface area contributed by atoms with Crippen LogP contribution in [0, 0.1) is 6.92 Å². The Morgan fingerprint density at radius 3 is 2.59 bits per heavy atom. The van der Waals surface area contributed by atoms with E-state index >= 15 is 0 Å². The molecule has 0 aliphatic heterocycles. The second-order valence-electron chi connectivity index (χ2n) is 7.11. The van der Waals surface area contributed by atoms with Gasteiger partial charge in [0.05, 0.1) is 21.7 Å². The first-order valence-corrected chi connectivity index (χ1v) is 10.9. The number of rotatable bonds is 5. The van der Waals surface area contributed by atoms with Crippen LogP contribution < -0.4 is 10.1 Å². The van der Waals surface area contributed by atoms with Crippen molar-refractivity contribution in [1.82, 2.24) is 15.0 Å².